The molecule has 128 valence electrons. The summed E-state index contributed by atoms with van der Waals surface area (Å²) in [6.45, 7) is 12.0. The zero-order valence-corrected chi connectivity index (χ0v) is 15.5. The number of amides is 1. The number of carbonyl (C=O) groups excluding carboxylic acids is 1. The summed E-state index contributed by atoms with van der Waals surface area (Å²) in [6, 6.07) is 5.64. The van der Waals surface area contributed by atoms with Crippen molar-refractivity contribution in [3.05, 3.63) is 29.3 Å². The molecule has 0 atom stereocenters. The maximum absolute atomic E-state index is 12.9. The molecular weight excluding hydrogens is 288 g/mol. The molecule has 0 aliphatic carbocycles. The summed E-state index contributed by atoms with van der Waals surface area (Å²) in [5.74, 6) is 0.945. The number of hydrogen-bond donors (Lipinski definition) is 0. The Morgan fingerprint density at radius 2 is 1.65 bits per heavy atom. The lowest BCUT2D eigenvalue weighted by atomic mass is 10.1. The Hall–Kier alpha value is -1.91. The van der Waals surface area contributed by atoms with Crippen LogP contribution in [0, 0.1) is 18.8 Å². The summed E-state index contributed by atoms with van der Waals surface area (Å²) in [4.78, 5) is 14.8. The van der Waals surface area contributed by atoms with Crippen LogP contribution >= 0.6 is 0 Å². The summed E-state index contributed by atoms with van der Waals surface area (Å²) in [5, 5.41) is 9.88. The summed E-state index contributed by atoms with van der Waals surface area (Å²) >= 11 is 0. The maximum atomic E-state index is 12.9. The first-order chi connectivity index (χ1) is 10.7. The SMILES string of the molecule is Cc1ccc(C(=O)N(CC(C)C)CC(C)C)cc1N=NN(C)C. The van der Waals surface area contributed by atoms with Crippen molar-refractivity contribution in [3.8, 4) is 0 Å². The van der Waals surface area contributed by atoms with E-state index < -0.39 is 0 Å². The molecule has 0 spiro atoms. The fourth-order valence-electron chi connectivity index (χ4n) is 2.29. The van der Waals surface area contributed by atoms with Crippen LogP contribution in [0.1, 0.15) is 43.6 Å². The Kier molecular flexibility index (Phi) is 7.20. The Morgan fingerprint density at radius 1 is 1.09 bits per heavy atom. The molecule has 0 bridgehead atoms. The van der Waals surface area contributed by atoms with Crippen molar-refractivity contribution < 1.29 is 4.79 Å². The normalized spacial score (nSPS) is 11.5. The predicted molar refractivity (Wildman–Crippen MR) is 95.0 cm³/mol. The van der Waals surface area contributed by atoms with E-state index in [0.717, 1.165) is 24.3 Å². The van der Waals surface area contributed by atoms with Gasteiger partial charge >= 0.3 is 0 Å². The van der Waals surface area contributed by atoms with Crippen molar-refractivity contribution in [1.82, 2.24) is 9.91 Å². The van der Waals surface area contributed by atoms with Gasteiger partial charge in [0.1, 0.15) is 0 Å². The lowest BCUT2D eigenvalue weighted by Crippen LogP contribution is -2.37. The quantitative estimate of drug-likeness (QED) is 0.555. The second kappa shape index (κ2) is 8.65. The van der Waals surface area contributed by atoms with Crippen molar-refractivity contribution in [1.29, 1.82) is 0 Å². The van der Waals surface area contributed by atoms with Crippen molar-refractivity contribution in [2.24, 2.45) is 22.2 Å². The highest BCUT2D eigenvalue weighted by Gasteiger charge is 2.18. The second-order valence-corrected chi connectivity index (χ2v) is 7.04. The van der Waals surface area contributed by atoms with E-state index in [1.165, 1.54) is 0 Å². The van der Waals surface area contributed by atoms with Gasteiger partial charge in [0.15, 0.2) is 0 Å². The van der Waals surface area contributed by atoms with Gasteiger partial charge in [-0.1, -0.05) is 39.0 Å². The Morgan fingerprint density at radius 3 is 2.13 bits per heavy atom. The minimum absolute atomic E-state index is 0.0636. The second-order valence-electron chi connectivity index (χ2n) is 7.04. The lowest BCUT2D eigenvalue weighted by Gasteiger charge is -2.26. The van der Waals surface area contributed by atoms with Crippen molar-refractivity contribution in [2.75, 3.05) is 27.2 Å². The van der Waals surface area contributed by atoms with Crippen LogP contribution in [0.25, 0.3) is 0 Å². The average molecular weight is 318 g/mol. The van der Waals surface area contributed by atoms with E-state index in [0.29, 0.717) is 17.4 Å². The highest BCUT2D eigenvalue weighted by molar-refractivity contribution is 5.95. The summed E-state index contributed by atoms with van der Waals surface area (Å²) in [7, 11) is 3.64. The molecule has 0 aliphatic heterocycles. The van der Waals surface area contributed by atoms with Gasteiger partial charge in [0.2, 0.25) is 0 Å². The molecule has 1 aromatic carbocycles. The van der Waals surface area contributed by atoms with Gasteiger partial charge in [0.05, 0.1) is 5.69 Å². The minimum Gasteiger partial charge on any atom is -0.338 e. The molecule has 0 radical (unpaired) electrons. The van der Waals surface area contributed by atoms with Crippen LogP contribution in [0.3, 0.4) is 0 Å². The molecule has 1 rings (SSSR count). The van der Waals surface area contributed by atoms with E-state index in [-0.39, 0.29) is 5.91 Å². The molecule has 0 aromatic heterocycles. The van der Waals surface area contributed by atoms with Crippen molar-refractivity contribution >= 4 is 11.6 Å². The highest BCUT2D eigenvalue weighted by atomic mass is 16.2. The Labute approximate surface area is 140 Å². The number of aryl methyl sites for hydroxylation is 1. The number of rotatable bonds is 7. The molecule has 5 nitrogen and oxygen atoms in total. The van der Waals surface area contributed by atoms with Crippen LogP contribution < -0.4 is 0 Å². The molecule has 1 amide bonds. The molecule has 1 aromatic rings. The van der Waals surface area contributed by atoms with Gasteiger partial charge in [-0.05, 0) is 36.5 Å². The standard InChI is InChI=1S/C18H30N4O/c1-13(2)11-22(12-14(3)4)18(23)16-9-8-15(5)17(10-16)19-20-21(6)7/h8-10,13-14H,11-12H2,1-7H3. The number of carbonyl (C=O) groups is 1. The van der Waals surface area contributed by atoms with Gasteiger partial charge in [-0.2, -0.15) is 0 Å². The highest BCUT2D eigenvalue weighted by Crippen LogP contribution is 2.22. The van der Waals surface area contributed by atoms with Gasteiger partial charge in [-0.25, -0.2) is 0 Å². The first kappa shape index (κ1) is 19.1. The third-order valence-corrected chi connectivity index (χ3v) is 3.25. The molecule has 0 saturated heterocycles. The van der Waals surface area contributed by atoms with Gasteiger partial charge in [-0.15, -0.1) is 5.11 Å². The summed E-state index contributed by atoms with van der Waals surface area (Å²) in [6.07, 6.45) is 0. The Bertz CT molecular complexity index is 540. The molecule has 0 aliphatic rings. The van der Waals surface area contributed by atoms with E-state index in [9.17, 15) is 4.79 Å². The summed E-state index contributed by atoms with van der Waals surface area (Å²) < 4.78 is 0. The smallest absolute Gasteiger partial charge is 0.253 e. The number of nitrogens with zero attached hydrogens (tertiary/aromatic N) is 4. The monoisotopic (exact) mass is 318 g/mol. The molecule has 0 N–H and O–H groups in total. The van der Waals surface area contributed by atoms with E-state index in [1.54, 1.807) is 5.01 Å². The molecule has 0 heterocycles. The Balaban J connectivity index is 3.06. The van der Waals surface area contributed by atoms with Crippen LogP contribution in [-0.2, 0) is 0 Å². The van der Waals surface area contributed by atoms with Gasteiger partial charge < -0.3 is 4.90 Å². The van der Waals surface area contributed by atoms with Gasteiger partial charge in [-0.3, -0.25) is 9.80 Å². The zero-order chi connectivity index (χ0) is 17.6. The van der Waals surface area contributed by atoms with Gasteiger partial charge in [0.25, 0.3) is 5.91 Å². The van der Waals surface area contributed by atoms with Crippen LogP contribution in [0.4, 0.5) is 5.69 Å². The molecule has 0 saturated carbocycles. The third kappa shape index (κ3) is 6.38. The minimum atomic E-state index is 0.0636. The third-order valence-electron chi connectivity index (χ3n) is 3.25. The predicted octanol–water partition coefficient (Wildman–Crippen LogP) is 4.31. The van der Waals surface area contributed by atoms with Crippen LogP contribution in [0.2, 0.25) is 0 Å². The molecule has 0 unspecified atom stereocenters. The summed E-state index contributed by atoms with van der Waals surface area (Å²) in [5.41, 5.74) is 2.41. The number of hydrogen-bond acceptors (Lipinski definition) is 3. The van der Waals surface area contributed by atoms with Crippen molar-refractivity contribution in [2.45, 2.75) is 34.6 Å². The van der Waals surface area contributed by atoms with Crippen LogP contribution in [0.15, 0.2) is 28.5 Å². The average Bonchev–Trinajstić information content (AvgIpc) is 2.43. The first-order valence-electron chi connectivity index (χ1n) is 8.19. The first-order valence-corrected chi connectivity index (χ1v) is 8.19. The molecule has 23 heavy (non-hydrogen) atoms. The maximum Gasteiger partial charge on any atom is 0.253 e. The molecular formula is C18H30N4O. The van der Waals surface area contributed by atoms with E-state index >= 15 is 0 Å². The van der Waals surface area contributed by atoms with Crippen molar-refractivity contribution in [3.63, 3.8) is 0 Å². The fraction of sp³-hybridized carbons (Fsp3) is 0.611. The van der Waals surface area contributed by atoms with Crippen LogP contribution in [0.5, 0.6) is 0 Å². The van der Waals surface area contributed by atoms with E-state index in [1.807, 2.05) is 44.1 Å². The van der Waals surface area contributed by atoms with Crippen LogP contribution in [-0.4, -0.2) is 43.0 Å². The van der Waals surface area contributed by atoms with E-state index in [2.05, 4.69) is 38.0 Å². The number of benzene rings is 1. The fourth-order valence-corrected chi connectivity index (χ4v) is 2.29. The largest absolute Gasteiger partial charge is 0.338 e. The lowest BCUT2D eigenvalue weighted by molar-refractivity contribution is 0.0715. The molecule has 5 heteroatoms. The van der Waals surface area contributed by atoms with E-state index in [4.69, 9.17) is 0 Å². The topological polar surface area (TPSA) is 48.3 Å². The zero-order valence-electron chi connectivity index (χ0n) is 15.5. The molecule has 0 fully saturated rings. The van der Waals surface area contributed by atoms with Gasteiger partial charge in [0, 0.05) is 32.7 Å².